The molecule has 134 valence electrons. The van der Waals surface area contributed by atoms with Gasteiger partial charge in [0.2, 0.25) is 0 Å². The zero-order valence-corrected chi connectivity index (χ0v) is 15.7. The van der Waals surface area contributed by atoms with Gasteiger partial charge in [0, 0.05) is 43.3 Å². The van der Waals surface area contributed by atoms with Crippen LogP contribution in [0, 0.1) is 5.92 Å². The Hall–Kier alpha value is -2.21. The second kappa shape index (κ2) is 8.76. The summed E-state index contributed by atoms with van der Waals surface area (Å²) in [5.74, 6) is 2.40. The van der Waals surface area contributed by atoms with E-state index in [-0.39, 0.29) is 0 Å². The Bertz CT molecular complexity index is 686. The second-order valence-corrected chi connectivity index (χ2v) is 7.22. The van der Waals surface area contributed by atoms with Crippen LogP contribution in [0.1, 0.15) is 11.3 Å². The highest BCUT2D eigenvalue weighted by Gasteiger charge is 2.23. The topological polar surface area (TPSA) is 48.9 Å². The van der Waals surface area contributed by atoms with E-state index in [4.69, 9.17) is 4.74 Å². The summed E-state index contributed by atoms with van der Waals surface area (Å²) in [4.78, 5) is 8.06. The first kappa shape index (κ1) is 17.6. The molecule has 0 radical (unpaired) electrons. The summed E-state index contributed by atoms with van der Waals surface area (Å²) in [5.41, 5.74) is 1.24. The largest absolute Gasteiger partial charge is 0.497 e. The minimum Gasteiger partial charge on any atom is -0.497 e. The van der Waals surface area contributed by atoms with E-state index in [0.717, 1.165) is 37.9 Å². The lowest BCUT2D eigenvalue weighted by Gasteiger charge is -2.20. The maximum absolute atomic E-state index is 5.33. The summed E-state index contributed by atoms with van der Waals surface area (Å²) in [6.45, 7) is 3.89. The zero-order chi connectivity index (χ0) is 17.5. The van der Waals surface area contributed by atoms with Crippen LogP contribution in [-0.4, -0.2) is 39.8 Å². The number of benzene rings is 1. The molecule has 1 saturated heterocycles. The fraction of sp³-hybridized carbons (Fsp3) is 0.421. The molecule has 3 rings (SSSR count). The summed E-state index contributed by atoms with van der Waals surface area (Å²) in [7, 11) is 3.53. The molecule has 2 N–H and O–H groups in total. The summed E-state index contributed by atoms with van der Waals surface area (Å²) in [6.07, 6.45) is 1.19. The summed E-state index contributed by atoms with van der Waals surface area (Å²) >= 11 is 1.76. The molecule has 1 aliphatic rings. The number of guanidine groups is 1. The van der Waals surface area contributed by atoms with Gasteiger partial charge >= 0.3 is 0 Å². The van der Waals surface area contributed by atoms with E-state index in [1.54, 1.807) is 18.4 Å². The van der Waals surface area contributed by atoms with Crippen molar-refractivity contribution in [3.05, 3.63) is 46.7 Å². The van der Waals surface area contributed by atoms with Crippen LogP contribution in [0.2, 0.25) is 0 Å². The standard InChI is InChI=1S/C19H26N4OS/c1-20-19(22-13-18-7-4-10-25-18)21-12-15-8-9-23(14-15)16-5-3-6-17(11-16)24-2/h3-7,10-11,15H,8-9,12-14H2,1-2H3,(H2,20,21,22). The van der Waals surface area contributed by atoms with Crippen LogP contribution in [0.4, 0.5) is 5.69 Å². The van der Waals surface area contributed by atoms with Crippen LogP contribution in [0.25, 0.3) is 0 Å². The molecule has 2 heterocycles. The van der Waals surface area contributed by atoms with Gasteiger partial charge in [-0.05, 0) is 35.9 Å². The van der Waals surface area contributed by atoms with Crippen molar-refractivity contribution in [3.8, 4) is 5.75 Å². The summed E-state index contributed by atoms with van der Waals surface area (Å²) < 4.78 is 5.33. The van der Waals surface area contributed by atoms with Crippen LogP contribution in [0.5, 0.6) is 5.75 Å². The molecule has 0 bridgehead atoms. The van der Waals surface area contributed by atoms with Gasteiger partial charge in [-0.3, -0.25) is 4.99 Å². The van der Waals surface area contributed by atoms with Gasteiger partial charge < -0.3 is 20.3 Å². The molecule has 1 aromatic carbocycles. The molecular weight excluding hydrogens is 332 g/mol. The smallest absolute Gasteiger partial charge is 0.191 e. The lowest BCUT2D eigenvalue weighted by Crippen LogP contribution is -2.39. The average molecular weight is 359 g/mol. The zero-order valence-electron chi connectivity index (χ0n) is 14.9. The highest BCUT2D eigenvalue weighted by molar-refractivity contribution is 7.09. The third-order valence-electron chi connectivity index (χ3n) is 4.50. The number of rotatable bonds is 6. The number of ether oxygens (including phenoxy) is 1. The van der Waals surface area contributed by atoms with E-state index in [0.29, 0.717) is 5.92 Å². The van der Waals surface area contributed by atoms with Crippen molar-refractivity contribution in [1.29, 1.82) is 0 Å². The number of hydrogen-bond donors (Lipinski definition) is 2. The Balaban J connectivity index is 1.45. The Morgan fingerprint density at radius 3 is 3.00 bits per heavy atom. The van der Waals surface area contributed by atoms with Gasteiger partial charge in [-0.1, -0.05) is 12.1 Å². The van der Waals surface area contributed by atoms with Crippen LogP contribution >= 0.6 is 11.3 Å². The van der Waals surface area contributed by atoms with Crippen molar-refractivity contribution >= 4 is 23.0 Å². The number of anilines is 1. The van der Waals surface area contributed by atoms with Crippen molar-refractivity contribution < 1.29 is 4.74 Å². The van der Waals surface area contributed by atoms with E-state index in [1.807, 2.05) is 13.1 Å². The Labute approximate surface area is 153 Å². The summed E-state index contributed by atoms with van der Waals surface area (Å²) in [6, 6.07) is 12.5. The third kappa shape index (κ3) is 4.89. The maximum Gasteiger partial charge on any atom is 0.191 e. The van der Waals surface area contributed by atoms with Crippen molar-refractivity contribution in [2.45, 2.75) is 13.0 Å². The van der Waals surface area contributed by atoms with Gasteiger partial charge in [-0.15, -0.1) is 11.3 Å². The fourth-order valence-electron chi connectivity index (χ4n) is 3.09. The number of nitrogens with one attached hydrogen (secondary N) is 2. The van der Waals surface area contributed by atoms with Gasteiger partial charge in [0.15, 0.2) is 5.96 Å². The highest BCUT2D eigenvalue weighted by atomic mass is 32.1. The Morgan fingerprint density at radius 1 is 1.32 bits per heavy atom. The number of methoxy groups -OCH3 is 1. The minimum absolute atomic E-state index is 0.617. The lowest BCUT2D eigenvalue weighted by atomic mass is 10.1. The number of nitrogens with zero attached hydrogens (tertiary/aromatic N) is 2. The highest BCUT2D eigenvalue weighted by Crippen LogP contribution is 2.26. The Kier molecular flexibility index (Phi) is 6.17. The van der Waals surface area contributed by atoms with Gasteiger partial charge in [-0.2, -0.15) is 0 Å². The molecule has 6 heteroatoms. The van der Waals surface area contributed by atoms with Crippen LogP contribution in [0.3, 0.4) is 0 Å². The predicted molar refractivity (Wildman–Crippen MR) is 106 cm³/mol. The summed E-state index contributed by atoms with van der Waals surface area (Å²) in [5, 5.41) is 8.93. The van der Waals surface area contributed by atoms with E-state index in [1.165, 1.54) is 17.0 Å². The van der Waals surface area contributed by atoms with E-state index in [2.05, 4.69) is 56.2 Å². The number of thiophene rings is 1. The molecule has 0 spiro atoms. The molecular formula is C19H26N4OS. The van der Waals surface area contributed by atoms with Crippen LogP contribution in [0.15, 0.2) is 46.8 Å². The number of aliphatic imine (C=N–C) groups is 1. The van der Waals surface area contributed by atoms with E-state index >= 15 is 0 Å². The molecule has 0 aliphatic carbocycles. The normalized spacial score (nSPS) is 17.6. The van der Waals surface area contributed by atoms with Gasteiger partial charge in [0.1, 0.15) is 5.75 Å². The quantitative estimate of drug-likeness (QED) is 0.616. The van der Waals surface area contributed by atoms with Gasteiger partial charge in [-0.25, -0.2) is 0 Å². The minimum atomic E-state index is 0.617. The van der Waals surface area contributed by atoms with Crippen molar-refractivity contribution in [2.75, 3.05) is 38.7 Å². The SMILES string of the molecule is CN=C(NCc1cccs1)NCC1CCN(c2cccc(OC)c2)C1. The van der Waals surface area contributed by atoms with Crippen LogP contribution < -0.4 is 20.3 Å². The predicted octanol–water partition coefficient (Wildman–Crippen LogP) is 2.95. The molecule has 1 unspecified atom stereocenters. The molecule has 1 aliphatic heterocycles. The first-order valence-corrected chi connectivity index (χ1v) is 9.52. The lowest BCUT2D eigenvalue weighted by molar-refractivity contribution is 0.415. The molecule has 1 atom stereocenters. The van der Waals surface area contributed by atoms with E-state index in [9.17, 15) is 0 Å². The molecule has 25 heavy (non-hydrogen) atoms. The van der Waals surface area contributed by atoms with E-state index < -0.39 is 0 Å². The second-order valence-electron chi connectivity index (χ2n) is 6.19. The van der Waals surface area contributed by atoms with Crippen molar-refractivity contribution in [3.63, 3.8) is 0 Å². The maximum atomic E-state index is 5.33. The monoisotopic (exact) mass is 358 g/mol. The molecule has 1 fully saturated rings. The van der Waals surface area contributed by atoms with Gasteiger partial charge in [0.05, 0.1) is 13.7 Å². The van der Waals surface area contributed by atoms with Crippen LogP contribution in [-0.2, 0) is 6.54 Å². The van der Waals surface area contributed by atoms with Crippen molar-refractivity contribution in [2.24, 2.45) is 10.9 Å². The first-order chi connectivity index (χ1) is 12.3. The Morgan fingerprint density at radius 2 is 2.24 bits per heavy atom. The molecule has 5 nitrogen and oxygen atoms in total. The fourth-order valence-corrected chi connectivity index (χ4v) is 3.73. The molecule has 2 aromatic rings. The average Bonchev–Trinajstić information content (AvgIpc) is 3.34. The molecule has 1 aromatic heterocycles. The first-order valence-electron chi connectivity index (χ1n) is 8.64. The number of hydrogen-bond acceptors (Lipinski definition) is 4. The van der Waals surface area contributed by atoms with Crippen molar-refractivity contribution in [1.82, 2.24) is 10.6 Å². The molecule has 0 amide bonds. The van der Waals surface area contributed by atoms with Gasteiger partial charge in [0.25, 0.3) is 0 Å². The third-order valence-corrected chi connectivity index (χ3v) is 5.37. The molecule has 0 saturated carbocycles.